The summed E-state index contributed by atoms with van der Waals surface area (Å²) in [6, 6.07) is 3.80. The van der Waals surface area contributed by atoms with Crippen LogP contribution in [0.4, 0.5) is 0 Å². The third-order valence-electron chi connectivity index (χ3n) is 3.32. The lowest BCUT2D eigenvalue weighted by molar-refractivity contribution is -0.149. The Hall–Kier alpha value is -2.26. The number of ether oxygens (including phenoxy) is 1. The van der Waals surface area contributed by atoms with E-state index < -0.39 is 11.5 Å². The Morgan fingerprint density at radius 2 is 2.29 bits per heavy atom. The van der Waals surface area contributed by atoms with Crippen LogP contribution in [-0.4, -0.2) is 46.4 Å². The molecule has 2 N–H and O–H groups in total. The number of amides is 1. The van der Waals surface area contributed by atoms with E-state index >= 15 is 0 Å². The Morgan fingerprint density at radius 1 is 1.50 bits per heavy atom. The van der Waals surface area contributed by atoms with E-state index in [1.165, 1.54) is 25.4 Å². The quantitative estimate of drug-likeness (QED) is 0.705. The fourth-order valence-corrected chi connectivity index (χ4v) is 2.72. The molecule has 2 heterocycles. The van der Waals surface area contributed by atoms with Crippen LogP contribution in [0, 0.1) is 0 Å². The van der Waals surface area contributed by atoms with Crippen LogP contribution < -0.4 is 5.32 Å². The first kappa shape index (κ1) is 18.1. The molecule has 9 heteroatoms. The zero-order valence-electron chi connectivity index (χ0n) is 13.4. The van der Waals surface area contributed by atoms with Crippen molar-refractivity contribution in [3.8, 4) is 10.7 Å². The van der Waals surface area contributed by atoms with Gasteiger partial charge in [0.2, 0.25) is 17.6 Å². The van der Waals surface area contributed by atoms with Crippen molar-refractivity contribution in [2.45, 2.75) is 31.7 Å². The summed E-state index contributed by atoms with van der Waals surface area (Å²) in [5.74, 6) is -0.530. The van der Waals surface area contributed by atoms with Gasteiger partial charge < -0.3 is 19.7 Å². The molecule has 2 aromatic heterocycles. The Morgan fingerprint density at radius 3 is 2.92 bits per heavy atom. The maximum absolute atomic E-state index is 11.9. The Labute approximate surface area is 142 Å². The zero-order chi connectivity index (χ0) is 17.6. The number of aryl methyl sites for hydroxylation is 1. The van der Waals surface area contributed by atoms with Gasteiger partial charge in [0.25, 0.3) is 0 Å². The highest BCUT2D eigenvalue weighted by atomic mass is 32.1. The molecule has 130 valence electrons. The summed E-state index contributed by atoms with van der Waals surface area (Å²) in [6.07, 6.45) is 1.07. The van der Waals surface area contributed by atoms with Crippen LogP contribution in [0.15, 0.2) is 22.0 Å². The lowest BCUT2D eigenvalue weighted by Gasteiger charge is -2.25. The van der Waals surface area contributed by atoms with Crippen molar-refractivity contribution in [2.24, 2.45) is 0 Å². The summed E-state index contributed by atoms with van der Waals surface area (Å²) >= 11 is 1.52. The smallest absolute Gasteiger partial charge is 0.331 e. The first-order valence-electron chi connectivity index (χ1n) is 7.34. The van der Waals surface area contributed by atoms with E-state index in [0.29, 0.717) is 24.6 Å². The SMILES string of the molecule is COCC(C)(NC(=O)CCCc1nc(-c2cccs2)no1)C(=O)O. The molecule has 0 aliphatic heterocycles. The highest BCUT2D eigenvalue weighted by molar-refractivity contribution is 7.13. The summed E-state index contributed by atoms with van der Waals surface area (Å²) in [6.45, 7) is 1.30. The van der Waals surface area contributed by atoms with Crippen molar-refractivity contribution in [3.05, 3.63) is 23.4 Å². The van der Waals surface area contributed by atoms with Crippen LogP contribution in [0.1, 0.15) is 25.7 Å². The van der Waals surface area contributed by atoms with E-state index in [-0.39, 0.29) is 18.9 Å². The van der Waals surface area contributed by atoms with Gasteiger partial charge in [-0.15, -0.1) is 11.3 Å². The van der Waals surface area contributed by atoms with E-state index in [1.54, 1.807) is 0 Å². The summed E-state index contributed by atoms with van der Waals surface area (Å²) in [5, 5.41) is 17.5. The lowest BCUT2D eigenvalue weighted by atomic mass is 10.0. The Bertz CT molecular complexity index is 685. The van der Waals surface area contributed by atoms with Crippen molar-refractivity contribution < 1.29 is 24.0 Å². The second-order valence-corrected chi connectivity index (χ2v) is 6.41. The molecule has 2 aromatic rings. The number of hydrogen-bond donors (Lipinski definition) is 2. The number of hydrogen-bond acceptors (Lipinski definition) is 7. The minimum Gasteiger partial charge on any atom is -0.479 e. The molecule has 24 heavy (non-hydrogen) atoms. The predicted octanol–water partition coefficient (Wildman–Crippen LogP) is 1.73. The summed E-state index contributed by atoms with van der Waals surface area (Å²) in [7, 11) is 1.38. The van der Waals surface area contributed by atoms with Crippen LogP contribution >= 0.6 is 11.3 Å². The number of methoxy groups -OCH3 is 1. The van der Waals surface area contributed by atoms with Gasteiger partial charge in [-0.25, -0.2) is 4.79 Å². The van der Waals surface area contributed by atoms with Crippen molar-refractivity contribution in [1.82, 2.24) is 15.5 Å². The molecular formula is C15H19N3O5S. The topological polar surface area (TPSA) is 115 Å². The number of nitrogens with zero attached hydrogens (tertiary/aromatic N) is 2. The van der Waals surface area contributed by atoms with E-state index in [4.69, 9.17) is 9.26 Å². The standard InChI is InChI=1S/C15H19N3O5S/c1-15(9-22-2,14(20)21)17-11(19)6-3-7-12-16-13(18-23-12)10-5-4-8-24-10/h4-5,8H,3,6-7,9H2,1-2H3,(H,17,19)(H,20,21). The highest BCUT2D eigenvalue weighted by Crippen LogP contribution is 2.21. The molecule has 1 unspecified atom stereocenters. The molecule has 0 fully saturated rings. The van der Waals surface area contributed by atoms with Gasteiger partial charge in [-0.05, 0) is 24.8 Å². The molecule has 1 amide bonds. The van der Waals surface area contributed by atoms with Crippen LogP contribution in [0.5, 0.6) is 0 Å². The van der Waals surface area contributed by atoms with Crippen molar-refractivity contribution in [2.75, 3.05) is 13.7 Å². The number of nitrogens with one attached hydrogen (secondary N) is 1. The number of carbonyl (C=O) groups excluding carboxylic acids is 1. The van der Waals surface area contributed by atoms with Crippen LogP contribution in [0.3, 0.4) is 0 Å². The predicted molar refractivity (Wildman–Crippen MR) is 86.6 cm³/mol. The fourth-order valence-electron chi connectivity index (χ4n) is 2.07. The molecule has 0 aromatic carbocycles. The number of carbonyl (C=O) groups is 2. The number of carboxylic acids is 1. The molecular weight excluding hydrogens is 334 g/mol. The van der Waals surface area contributed by atoms with Crippen molar-refractivity contribution in [3.63, 3.8) is 0 Å². The molecule has 0 radical (unpaired) electrons. The van der Waals surface area contributed by atoms with Gasteiger partial charge in [0, 0.05) is 20.0 Å². The van der Waals surface area contributed by atoms with Gasteiger partial charge >= 0.3 is 5.97 Å². The van der Waals surface area contributed by atoms with Gasteiger partial charge in [0.1, 0.15) is 0 Å². The number of rotatable bonds is 9. The number of aliphatic carboxylic acids is 1. The first-order valence-corrected chi connectivity index (χ1v) is 8.22. The number of carboxylic acid groups (broad SMARTS) is 1. The van der Waals surface area contributed by atoms with Gasteiger partial charge in [-0.1, -0.05) is 11.2 Å². The van der Waals surface area contributed by atoms with Gasteiger partial charge in [0.15, 0.2) is 5.54 Å². The second-order valence-electron chi connectivity index (χ2n) is 5.46. The summed E-state index contributed by atoms with van der Waals surface area (Å²) in [4.78, 5) is 28.3. The molecule has 2 rings (SSSR count). The average molecular weight is 353 g/mol. The van der Waals surface area contributed by atoms with Crippen molar-refractivity contribution in [1.29, 1.82) is 0 Å². The third kappa shape index (κ3) is 4.62. The summed E-state index contributed by atoms with van der Waals surface area (Å²) in [5.41, 5.74) is -1.44. The molecule has 1 atom stereocenters. The van der Waals surface area contributed by atoms with E-state index in [0.717, 1.165) is 4.88 Å². The first-order chi connectivity index (χ1) is 11.4. The fraction of sp³-hybridized carbons (Fsp3) is 0.467. The molecule has 0 bridgehead atoms. The second kappa shape index (κ2) is 8.02. The van der Waals surface area contributed by atoms with E-state index in [9.17, 15) is 14.7 Å². The van der Waals surface area contributed by atoms with Crippen LogP contribution in [0.2, 0.25) is 0 Å². The molecule has 0 saturated carbocycles. The van der Waals surface area contributed by atoms with E-state index in [1.807, 2.05) is 17.5 Å². The minimum atomic E-state index is -1.44. The zero-order valence-corrected chi connectivity index (χ0v) is 14.3. The van der Waals surface area contributed by atoms with Crippen LogP contribution in [0.25, 0.3) is 10.7 Å². The number of aromatic nitrogens is 2. The molecule has 0 spiro atoms. The summed E-state index contributed by atoms with van der Waals surface area (Å²) < 4.78 is 10.0. The molecule has 0 saturated heterocycles. The highest BCUT2D eigenvalue weighted by Gasteiger charge is 2.34. The lowest BCUT2D eigenvalue weighted by Crippen LogP contribution is -2.55. The maximum Gasteiger partial charge on any atom is 0.331 e. The average Bonchev–Trinajstić information content (AvgIpc) is 3.18. The Kier molecular flexibility index (Phi) is 6.04. The van der Waals surface area contributed by atoms with Gasteiger partial charge in [0.05, 0.1) is 11.5 Å². The van der Waals surface area contributed by atoms with E-state index in [2.05, 4.69) is 15.5 Å². The molecule has 0 aliphatic carbocycles. The monoisotopic (exact) mass is 353 g/mol. The Balaban J connectivity index is 1.81. The molecule has 0 aliphatic rings. The van der Waals surface area contributed by atoms with Crippen molar-refractivity contribution >= 4 is 23.2 Å². The normalized spacial score (nSPS) is 13.4. The minimum absolute atomic E-state index is 0.109. The maximum atomic E-state index is 11.9. The third-order valence-corrected chi connectivity index (χ3v) is 4.19. The van der Waals surface area contributed by atoms with Gasteiger partial charge in [-0.2, -0.15) is 4.98 Å². The molecule has 8 nitrogen and oxygen atoms in total. The van der Waals surface area contributed by atoms with Crippen LogP contribution in [-0.2, 0) is 20.7 Å². The van der Waals surface area contributed by atoms with Gasteiger partial charge in [-0.3, -0.25) is 4.79 Å². The number of thiophene rings is 1. The largest absolute Gasteiger partial charge is 0.479 e.